The van der Waals surface area contributed by atoms with E-state index in [0.717, 1.165) is 19.6 Å². The number of carbonyl (C=O) groups excluding carboxylic acids is 1. The van der Waals surface area contributed by atoms with Gasteiger partial charge < -0.3 is 15.4 Å². The van der Waals surface area contributed by atoms with Crippen LogP contribution < -0.4 is 10.6 Å². The van der Waals surface area contributed by atoms with Crippen LogP contribution in [0.3, 0.4) is 0 Å². The maximum atomic E-state index is 11.3. The minimum atomic E-state index is 0.102. The largest absolute Gasteiger partial charge is 0.385 e. The summed E-state index contributed by atoms with van der Waals surface area (Å²) in [5.74, 6) is 0.106. The van der Waals surface area contributed by atoms with Gasteiger partial charge in [-0.25, -0.2) is 0 Å². The standard InChI is InChI=1S/C11H24N2O2/c1-11(2,6-8-15-4)9-13-10(14)5-7-12-3/h12H,5-9H2,1-4H3,(H,13,14). The van der Waals surface area contributed by atoms with E-state index < -0.39 is 0 Å². The van der Waals surface area contributed by atoms with Gasteiger partial charge in [0, 0.05) is 33.2 Å². The maximum absolute atomic E-state index is 11.3. The molecule has 0 saturated heterocycles. The molecule has 0 aliphatic carbocycles. The molecule has 0 aliphatic heterocycles. The summed E-state index contributed by atoms with van der Waals surface area (Å²) in [6.45, 7) is 6.43. The Morgan fingerprint density at radius 2 is 2.07 bits per heavy atom. The highest BCUT2D eigenvalue weighted by Gasteiger charge is 2.18. The van der Waals surface area contributed by atoms with E-state index in [-0.39, 0.29) is 11.3 Å². The number of ether oxygens (including phenoxy) is 1. The predicted molar refractivity (Wildman–Crippen MR) is 61.8 cm³/mol. The van der Waals surface area contributed by atoms with E-state index in [9.17, 15) is 4.79 Å². The molecule has 0 radical (unpaired) electrons. The second kappa shape index (κ2) is 7.65. The molecule has 0 aromatic carbocycles. The third kappa shape index (κ3) is 8.39. The Morgan fingerprint density at radius 1 is 1.40 bits per heavy atom. The van der Waals surface area contributed by atoms with Gasteiger partial charge in [0.25, 0.3) is 0 Å². The van der Waals surface area contributed by atoms with E-state index in [1.54, 1.807) is 7.11 Å². The van der Waals surface area contributed by atoms with Crippen LogP contribution in [0.25, 0.3) is 0 Å². The number of hydrogen-bond acceptors (Lipinski definition) is 3. The average Bonchev–Trinajstić information content (AvgIpc) is 2.21. The molecule has 0 aromatic rings. The van der Waals surface area contributed by atoms with Crippen molar-refractivity contribution >= 4 is 5.91 Å². The Balaban J connectivity index is 3.67. The van der Waals surface area contributed by atoms with Gasteiger partial charge in [0.05, 0.1) is 0 Å². The molecule has 4 nitrogen and oxygen atoms in total. The number of rotatable bonds is 8. The smallest absolute Gasteiger partial charge is 0.221 e. The van der Waals surface area contributed by atoms with Crippen molar-refractivity contribution in [3.05, 3.63) is 0 Å². The first kappa shape index (κ1) is 14.4. The van der Waals surface area contributed by atoms with Gasteiger partial charge in [0.2, 0.25) is 5.91 Å². The Morgan fingerprint density at radius 3 is 2.60 bits per heavy atom. The summed E-state index contributed by atoms with van der Waals surface area (Å²) in [4.78, 5) is 11.3. The van der Waals surface area contributed by atoms with Gasteiger partial charge in [-0.15, -0.1) is 0 Å². The molecule has 0 bridgehead atoms. The number of nitrogens with one attached hydrogen (secondary N) is 2. The first-order valence-electron chi connectivity index (χ1n) is 5.42. The predicted octanol–water partition coefficient (Wildman–Crippen LogP) is 0.775. The first-order valence-corrected chi connectivity index (χ1v) is 5.42. The van der Waals surface area contributed by atoms with Crippen LogP contribution in [-0.4, -0.2) is 39.8 Å². The molecule has 2 N–H and O–H groups in total. The van der Waals surface area contributed by atoms with E-state index in [4.69, 9.17) is 4.74 Å². The van der Waals surface area contributed by atoms with Gasteiger partial charge >= 0.3 is 0 Å². The number of amides is 1. The minimum absolute atomic E-state index is 0.102. The summed E-state index contributed by atoms with van der Waals surface area (Å²) in [5.41, 5.74) is 0.102. The summed E-state index contributed by atoms with van der Waals surface area (Å²) in [5, 5.41) is 5.88. The molecule has 0 aliphatic rings. The highest BCUT2D eigenvalue weighted by Crippen LogP contribution is 2.18. The molecule has 0 spiro atoms. The summed E-state index contributed by atoms with van der Waals surface area (Å²) in [7, 11) is 3.54. The van der Waals surface area contributed by atoms with Crippen LogP contribution in [0.15, 0.2) is 0 Å². The minimum Gasteiger partial charge on any atom is -0.385 e. The Labute approximate surface area is 92.8 Å². The topological polar surface area (TPSA) is 50.4 Å². The number of carbonyl (C=O) groups is 1. The highest BCUT2D eigenvalue weighted by molar-refractivity contribution is 5.76. The van der Waals surface area contributed by atoms with Crippen molar-refractivity contribution in [1.29, 1.82) is 0 Å². The van der Waals surface area contributed by atoms with Crippen LogP contribution >= 0.6 is 0 Å². The summed E-state index contributed by atoms with van der Waals surface area (Å²) < 4.78 is 5.03. The third-order valence-electron chi connectivity index (χ3n) is 2.35. The molecule has 0 heterocycles. The van der Waals surface area contributed by atoms with Crippen LogP contribution in [-0.2, 0) is 9.53 Å². The van der Waals surface area contributed by atoms with E-state index in [1.165, 1.54) is 0 Å². The van der Waals surface area contributed by atoms with Crippen molar-refractivity contribution in [2.45, 2.75) is 26.7 Å². The Hall–Kier alpha value is -0.610. The first-order chi connectivity index (χ1) is 7.02. The number of hydrogen-bond donors (Lipinski definition) is 2. The number of methoxy groups -OCH3 is 1. The molecule has 0 rings (SSSR count). The maximum Gasteiger partial charge on any atom is 0.221 e. The lowest BCUT2D eigenvalue weighted by Gasteiger charge is -2.24. The van der Waals surface area contributed by atoms with Crippen molar-refractivity contribution in [1.82, 2.24) is 10.6 Å². The molecule has 0 fully saturated rings. The monoisotopic (exact) mass is 216 g/mol. The van der Waals surface area contributed by atoms with Gasteiger partial charge in [0.1, 0.15) is 0 Å². The van der Waals surface area contributed by atoms with E-state index >= 15 is 0 Å². The molecule has 0 atom stereocenters. The average molecular weight is 216 g/mol. The lowest BCUT2D eigenvalue weighted by Crippen LogP contribution is -2.35. The van der Waals surface area contributed by atoms with Crippen molar-refractivity contribution < 1.29 is 9.53 Å². The van der Waals surface area contributed by atoms with Crippen LogP contribution in [0.5, 0.6) is 0 Å². The molecule has 90 valence electrons. The Bertz CT molecular complexity index is 181. The van der Waals surface area contributed by atoms with Gasteiger partial charge in [-0.3, -0.25) is 4.79 Å². The van der Waals surface area contributed by atoms with Gasteiger partial charge in [0.15, 0.2) is 0 Å². The normalized spacial score (nSPS) is 11.5. The van der Waals surface area contributed by atoms with Crippen LogP contribution in [0, 0.1) is 5.41 Å². The Kier molecular flexibility index (Phi) is 7.34. The molecule has 15 heavy (non-hydrogen) atoms. The third-order valence-corrected chi connectivity index (χ3v) is 2.35. The van der Waals surface area contributed by atoms with Gasteiger partial charge in [-0.2, -0.15) is 0 Å². The molecule has 1 amide bonds. The summed E-state index contributed by atoms with van der Waals surface area (Å²) in [6.07, 6.45) is 1.49. The van der Waals surface area contributed by atoms with E-state index in [0.29, 0.717) is 13.0 Å². The van der Waals surface area contributed by atoms with Crippen molar-refractivity contribution in [3.8, 4) is 0 Å². The molecule has 0 saturated carbocycles. The van der Waals surface area contributed by atoms with E-state index in [1.807, 2.05) is 7.05 Å². The second-order valence-electron chi connectivity index (χ2n) is 4.54. The zero-order chi connectivity index (χ0) is 11.7. The lowest BCUT2D eigenvalue weighted by molar-refractivity contribution is -0.121. The second-order valence-corrected chi connectivity index (χ2v) is 4.54. The van der Waals surface area contributed by atoms with Crippen LogP contribution in [0.2, 0.25) is 0 Å². The van der Waals surface area contributed by atoms with Crippen molar-refractivity contribution in [2.75, 3.05) is 33.9 Å². The van der Waals surface area contributed by atoms with Gasteiger partial charge in [-0.1, -0.05) is 13.8 Å². The van der Waals surface area contributed by atoms with Gasteiger partial charge in [-0.05, 0) is 18.9 Å². The van der Waals surface area contributed by atoms with E-state index in [2.05, 4.69) is 24.5 Å². The zero-order valence-electron chi connectivity index (χ0n) is 10.4. The molecular weight excluding hydrogens is 192 g/mol. The van der Waals surface area contributed by atoms with Crippen molar-refractivity contribution in [2.24, 2.45) is 5.41 Å². The molecule has 4 heteroatoms. The quantitative estimate of drug-likeness (QED) is 0.630. The fraction of sp³-hybridized carbons (Fsp3) is 0.909. The fourth-order valence-electron chi connectivity index (χ4n) is 1.13. The molecule has 0 unspecified atom stereocenters. The summed E-state index contributed by atoms with van der Waals surface area (Å²) in [6, 6.07) is 0. The highest BCUT2D eigenvalue weighted by atomic mass is 16.5. The zero-order valence-corrected chi connectivity index (χ0v) is 10.4. The van der Waals surface area contributed by atoms with Crippen molar-refractivity contribution in [3.63, 3.8) is 0 Å². The molecule has 0 aromatic heterocycles. The lowest BCUT2D eigenvalue weighted by atomic mass is 9.90. The summed E-state index contributed by atoms with van der Waals surface area (Å²) >= 11 is 0. The molecular formula is C11H24N2O2. The fourth-order valence-corrected chi connectivity index (χ4v) is 1.13. The SMILES string of the molecule is CNCCC(=O)NCC(C)(C)CCOC. The van der Waals surface area contributed by atoms with Crippen LogP contribution in [0.4, 0.5) is 0 Å². The van der Waals surface area contributed by atoms with Crippen LogP contribution in [0.1, 0.15) is 26.7 Å².